The van der Waals surface area contributed by atoms with E-state index in [4.69, 9.17) is 4.74 Å². The van der Waals surface area contributed by atoms with Gasteiger partial charge in [0, 0.05) is 25.7 Å². The Hall–Kier alpha value is -2.62. The van der Waals surface area contributed by atoms with Gasteiger partial charge in [0.2, 0.25) is 0 Å². The molecule has 0 amide bonds. The van der Waals surface area contributed by atoms with E-state index >= 15 is 0 Å². The average Bonchev–Trinajstić information content (AvgIpc) is 3.55. The van der Waals surface area contributed by atoms with Gasteiger partial charge in [-0.3, -0.25) is 9.80 Å². The maximum absolute atomic E-state index is 14.9. The number of rotatable bonds is 12. The molecule has 2 saturated heterocycles. The van der Waals surface area contributed by atoms with Crippen molar-refractivity contribution in [2.75, 3.05) is 44.6 Å². The third kappa shape index (κ3) is 7.81. The van der Waals surface area contributed by atoms with E-state index in [-0.39, 0.29) is 21.5 Å². The highest BCUT2D eigenvalue weighted by Gasteiger charge is 2.45. The van der Waals surface area contributed by atoms with Crippen LogP contribution in [0.3, 0.4) is 0 Å². The Morgan fingerprint density at radius 2 is 1.83 bits per heavy atom. The zero-order chi connectivity index (χ0) is 29.2. The zero-order valence-corrected chi connectivity index (χ0v) is 25.9. The maximum Gasteiger partial charge on any atom is 0.319 e. The summed E-state index contributed by atoms with van der Waals surface area (Å²) in [6.45, 7) is 13.2. The van der Waals surface area contributed by atoms with Crippen molar-refractivity contribution < 1.29 is 13.5 Å². The first-order chi connectivity index (χ1) is 19.9. The van der Waals surface area contributed by atoms with Crippen LogP contribution in [0.4, 0.5) is 14.6 Å². The molecular formula is C32H42BrF2N5O. The van der Waals surface area contributed by atoms with Gasteiger partial charge in [-0.05, 0) is 80.2 Å². The van der Waals surface area contributed by atoms with Gasteiger partial charge in [-0.15, -0.1) is 6.58 Å². The number of nitrogens with zero attached hydrogens (tertiary/aromatic N) is 4. The summed E-state index contributed by atoms with van der Waals surface area (Å²) in [7, 11) is 0. The highest BCUT2D eigenvalue weighted by molar-refractivity contribution is 9.10. The van der Waals surface area contributed by atoms with Crippen LogP contribution in [0.15, 0.2) is 53.5 Å². The molecule has 9 heteroatoms. The fourth-order valence-electron chi connectivity index (χ4n) is 5.86. The van der Waals surface area contributed by atoms with Gasteiger partial charge in [0.15, 0.2) is 5.82 Å². The highest BCUT2D eigenvalue weighted by Crippen LogP contribution is 2.39. The summed E-state index contributed by atoms with van der Waals surface area (Å²) in [5, 5.41) is 3.63. The predicted octanol–water partition coefficient (Wildman–Crippen LogP) is 7.58. The number of hydrogen-bond donors (Lipinski definition) is 1. The molecule has 2 aliphatic rings. The lowest BCUT2D eigenvalue weighted by molar-refractivity contribution is 0.108. The minimum Gasteiger partial charge on any atom is -0.461 e. The molecule has 0 aliphatic carbocycles. The quantitative estimate of drug-likeness (QED) is 0.165. The van der Waals surface area contributed by atoms with E-state index in [2.05, 4.69) is 78.8 Å². The molecule has 222 valence electrons. The first-order valence-electron chi connectivity index (χ1n) is 14.7. The standard InChI is InChI=1S/C29H36BrF2N5O.C3H6/c1-2-3-14-36(19-21-9-5-4-6-10-21)17-13-33-27-24-25(30)22(31)18-23(32)26(24)34-28(35-27)38-20-29-11-7-15-37(29)16-8-12-29;1-3-2/h4-6,9-10,18H,2-3,7-8,11-17,19-20H2,1H3,(H,33,34,35);3H,1H2,2H3. The van der Waals surface area contributed by atoms with Crippen molar-refractivity contribution in [2.45, 2.75) is 64.5 Å². The molecule has 0 unspecified atom stereocenters. The highest BCUT2D eigenvalue weighted by atomic mass is 79.9. The van der Waals surface area contributed by atoms with Gasteiger partial charge in [-0.2, -0.15) is 9.97 Å². The second-order valence-corrected chi connectivity index (χ2v) is 11.7. The van der Waals surface area contributed by atoms with Crippen LogP contribution in [0.5, 0.6) is 6.01 Å². The van der Waals surface area contributed by atoms with Gasteiger partial charge in [0.1, 0.15) is 23.8 Å². The molecule has 0 atom stereocenters. The number of anilines is 1. The molecule has 41 heavy (non-hydrogen) atoms. The lowest BCUT2D eigenvalue weighted by atomic mass is 9.95. The molecule has 0 radical (unpaired) electrons. The van der Waals surface area contributed by atoms with Gasteiger partial charge in [-0.25, -0.2) is 8.78 Å². The first kappa shape index (κ1) is 31.3. The molecule has 3 heterocycles. The maximum atomic E-state index is 14.9. The molecule has 0 bridgehead atoms. The Labute approximate surface area is 251 Å². The van der Waals surface area contributed by atoms with Gasteiger partial charge in [0.25, 0.3) is 0 Å². The SMILES string of the molecule is C=CC.CCCCN(CCNc1nc(OCC23CCCN2CCC3)nc2c(F)cc(F)c(Br)c12)Cc1ccccc1. The van der Waals surface area contributed by atoms with E-state index in [1.165, 1.54) is 5.56 Å². The normalized spacial score (nSPS) is 16.0. The van der Waals surface area contributed by atoms with Crippen LogP contribution in [0, 0.1) is 11.6 Å². The molecule has 2 aromatic carbocycles. The van der Waals surface area contributed by atoms with E-state index in [1.807, 2.05) is 13.0 Å². The monoisotopic (exact) mass is 629 g/mol. The van der Waals surface area contributed by atoms with Crippen LogP contribution in [0.1, 0.15) is 57.9 Å². The van der Waals surface area contributed by atoms with Crippen LogP contribution in [0.2, 0.25) is 0 Å². The number of fused-ring (bicyclic) bond motifs is 2. The molecule has 0 saturated carbocycles. The first-order valence-corrected chi connectivity index (χ1v) is 15.5. The Balaban J connectivity index is 0.00000124. The minimum absolute atomic E-state index is 0.0189. The summed E-state index contributed by atoms with van der Waals surface area (Å²) >= 11 is 3.30. The van der Waals surface area contributed by atoms with Crippen molar-refractivity contribution >= 4 is 32.7 Å². The van der Waals surface area contributed by atoms with Crippen molar-refractivity contribution in [1.29, 1.82) is 0 Å². The minimum atomic E-state index is -0.730. The van der Waals surface area contributed by atoms with Crippen LogP contribution in [-0.2, 0) is 6.54 Å². The average molecular weight is 631 g/mol. The molecular weight excluding hydrogens is 588 g/mol. The van der Waals surface area contributed by atoms with E-state index in [1.54, 1.807) is 6.08 Å². The number of benzene rings is 2. The summed E-state index contributed by atoms with van der Waals surface area (Å²) in [5.74, 6) is -1.04. The Bertz CT molecular complexity index is 1280. The summed E-state index contributed by atoms with van der Waals surface area (Å²) in [4.78, 5) is 13.9. The Morgan fingerprint density at radius 3 is 2.51 bits per heavy atom. The largest absolute Gasteiger partial charge is 0.461 e. The zero-order valence-electron chi connectivity index (χ0n) is 24.3. The lowest BCUT2D eigenvalue weighted by Gasteiger charge is -2.31. The van der Waals surface area contributed by atoms with Gasteiger partial charge >= 0.3 is 6.01 Å². The van der Waals surface area contributed by atoms with Crippen molar-refractivity contribution in [3.05, 3.63) is 70.7 Å². The second-order valence-electron chi connectivity index (χ2n) is 10.9. The molecule has 2 aliphatic heterocycles. The smallest absolute Gasteiger partial charge is 0.319 e. The third-order valence-electron chi connectivity index (χ3n) is 7.88. The number of hydrogen-bond acceptors (Lipinski definition) is 6. The number of halogens is 3. The Morgan fingerprint density at radius 1 is 1.12 bits per heavy atom. The Kier molecular flexibility index (Phi) is 11.5. The van der Waals surface area contributed by atoms with E-state index < -0.39 is 11.6 Å². The van der Waals surface area contributed by atoms with Gasteiger partial charge in [-0.1, -0.05) is 49.8 Å². The second kappa shape index (κ2) is 15.0. The van der Waals surface area contributed by atoms with Crippen LogP contribution >= 0.6 is 15.9 Å². The van der Waals surface area contributed by atoms with Crippen molar-refractivity contribution in [2.24, 2.45) is 0 Å². The number of aromatic nitrogens is 2. The van der Waals surface area contributed by atoms with Gasteiger partial charge in [0.05, 0.1) is 15.4 Å². The lowest BCUT2D eigenvalue weighted by Crippen LogP contribution is -2.43. The number of ether oxygens (including phenoxy) is 1. The molecule has 5 rings (SSSR count). The van der Waals surface area contributed by atoms with E-state index in [0.29, 0.717) is 24.4 Å². The number of unbranched alkanes of at least 4 members (excludes halogenated alkanes) is 1. The summed E-state index contributed by atoms with van der Waals surface area (Å²) in [6, 6.07) is 11.4. The van der Waals surface area contributed by atoms with Crippen LogP contribution in [0.25, 0.3) is 10.9 Å². The molecule has 6 nitrogen and oxygen atoms in total. The van der Waals surface area contributed by atoms with Crippen molar-refractivity contribution in [1.82, 2.24) is 19.8 Å². The summed E-state index contributed by atoms with van der Waals surface area (Å²) in [5.41, 5.74) is 1.32. The summed E-state index contributed by atoms with van der Waals surface area (Å²) < 4.78 is 35.7. The fourth-order valence-corrected chi connectivity index (χ4v) is 6.35. The molecule has 0 spiro atoms. The van der Waals surface area contributed by atoms with Gasteiger partial charge < -0.3 is 10.1 Å². The van der Waals surface area contributed by atoms with E-state index in [9.17, 15) is 8.78 Å². The molecule has 1 aromatic heterocycles. The van der Waals surface area contributed by atoms with E-state index in [0.717, 1.165) is 77.3 Å². The topological polar surface area (TPSA) is 53.5 Å². The predicted molar refractivity (Wildman–Crippen MR) is 166 cm³/mol. The van der Waals surface area contributed by atoms with Crippen molar-refractivity contribution in [3.8, 4) is 6.01 Å². The van der Waals surface area contributed by atoms with Crippen LogP contribution in [-0.4, -0.2) is 64.6 Å². The van der Waals surface area contributed by atoms with Crippen molar-refractivity contribution in [3.63, 3.8) is 0 Å². The number of allylic oxidation sites excluding steroid dienone is 1. The fraction of sp³-hybridized carbons (Fsp3) is 0.500. The molecule has 3 aromatic rings. The molecule has 2 fully saturated rings. The van der Waals surface area contributed by atoms with Crippen LogP contribution < -0.4 is 10.1 Å². The molecule has 1 N–H and O–H groups in total. The third-order valence-corrected chi connectivity index (χ3v) is 8.65. The number of nitrogens with one attached hydrogen (secondary N) is 1. The summed E-state index contributed by atoms with van der Waals surface area (Å²) in [6.07, 6.45) is 8.46.